The summed E-state index contributed by atoms with van der Waals surface area (Å²) in [5.74, 6) is 0. The van der Waals surface area contributed by atoms with E-state index in [0.29, 0.717) is 11.0 Å². The standard InChI is InChI=1S/C18H19N3O4S/c1-12(13-7-5-4-6-8-13)19-26(24,25)14-9-10-15-16(11-14)21(3)18(23)17(22)20(15)2/h4-12,19H,1-3H3/t12-/m0/s1. The van der Waals surface area contributed by atoms with Crippen LogP contribution in [-0.4, -0.2) is 17.6 Å². The Labute approximate surface area is 150 Å². The van der Waals surface area contributed by atoms with E-state index in [0.717, 1.165) is 10.1 Å². The van der Waals surface area contributed by atoms with Crippen molar-refractivity contribution in [3.8, 4) is 0 Å². The number of rotatable bonds is 4. The molecule has 1 aromatic heterocycles. The number of sulfonamides is 1. The highest BCUT2D eigenvalue weighted by Crippen LogP contribution is 2.20. The second-order valence-electron chi connectivity index (χ2n) is 6.13. The number of nitrogens with one attached hydrogen (secondary N) is 1. The third-order valence-corrected chi connectivity index (χ3v) is 5.94. The largest absolute Gasteiger partial charge is 0.316 e. The number of hydrogen-bond donors (Lipinski definition) is 1. The topological polar surface area (TPSA) is 90.2 Å². The van der Waals surface area contributed by atoms with Gasteiger partial charge < -0.3 is 9.13 Å². The fourth-order valence-electron chi connectivity index (χ4n) is 2.84. The van der Waals surface area contributed by atoms with Gasteiger partial charge in [0.15, 0.2) is 0 Å². The van der Waals surface area contributed by atoms with Crippen LogP contribution in [0, 0.1) is 0 Å². The van der Waals surface area contributed by atoms with Gasteiger partial charge in [0.25, 0.3) is 0 Å². The van der Waals surface area contributed by atoms with Crippen LogP contribution in [-0.2, 0) is 24.1 Å². The Morgan fingerprint density at radius 3 is 2.08 bits per heavy atom. The van der Waals surface area contributed by atoms with Gasteiger partial charge in [-0.2, -0.15) is 0 Å². The fraction of sp³-hybridized carbons (Fsp3) is 0.222. The van der Waals surface area contributed by atoms with E-state index in [1.165, 1.54) is 36.9 Å². The summed E-state index contributed by atoms with van der Waals surface area (Å²) in [7, 11) is -0.875. The van der Waals surface area contributed by atoms with Crippen LogP contribution in [0.2, 0.25) is 0 Å². The molecular weight excluding hydrogens is 354 g/mol. The Hall–Kier alpha value is -2.71. The highest BCUT2D eigenvalue weighted by Gasteiger charge is 2.20. The lowest BCUT2D eigenvalue weighted by Crippen LogP contribution is -2.39. The van der Waals surface area contributed by atoms with Crippen LogP contribution in [0.25, 0.3) is 11.0 Å². The summed E-state index contributed by atoms with van der Waals surface area (Å²) in [6, 6.07) is 13.2. The minimum absolute atomic E-state index is 0.0291. The van der Waals surface area contributed by atoms with E-state index in [1.54, 1.807) is 6.92 Å². The molecule has 0 radical (unpaired) electrons. The van der Waals surface area contributed by atoms with Gasteiger partial charge in [-0.05, 0) is 30.7 Å². The van der Waals surface area contributed by atoms with E-state index >= 15 is 0 Å². The summed E-state index contributed by atoms with van der Waals surface area (Å²) in [6.07, 6.45) is 0. The zero-order valence-electron chi connectivity index (χ0n) is 14.6. The van der Waals surface area contributed by atoms with Gasteiger partial charge in [0.1, 0.15) is 0 Å². The van der Waals surface area contributed by atoms with Crippen molar-refractivity contribution in [2.45, 2.75) is 17.9 Å². The third kappa shape index (κ3) is 3.09. The smallest absolute Gasteiger partial charge is 0.305 e. The molecule has 2 aromatic carbocycles. The number of aryl methyl sites for hydroxylation is 2. The second-order valence-corrected chi connectivity index (χ2v) is 7.85. The summed E-state index contributed by atoms with van der Waals surface area (Å²) in [5, 5.41) is 0. The van der Waals surface area contributed by atoms with Crippen molar-refractivity contribution in [2.24, 2.45) is 14.1 Å². The SMILES string of the molecule is C[C@H](NS(=O)(=O)c1ccc2c(c1)n(C)c(=O)c(=O)n2C)c1ccccc1. The number of aromatic nitrogens is 2. The normalized spacial score (nSPS) is 13.0. The molecule has 3 rings (SSSR count). The molecule has 8 heteroatoms. The first-order valence-electron chi connectivity index (χ1n) is 7.99. The minimum Gasteiger partial charge on any atom is -0.305 e. The van der Waals surface area contributed by atoms with Gasteiger partial charge in [-0.1, -0.05) is 30.3 Å². The predicted octanol–water partition coefficient (Wildman–Crippen LogP) is 1.28. The van der Waals surface area contributed by atoms with Gasteiger partial charge in [0.05, 0.1) is 15.9 Å². The summed E-state index contributed by atoms with van der Waals surface area (Å²) in [4.78, 5) is 23.9. The average Bonchev–Trinajstić information content (AvgIpc) is 2.64. The quantitative estimate of drug-likeness (QED) is 0.698. The second kappa shape index (κ2) is 6.54. The lowest BCUT2D eigenvalue weighted by molar-refractivity contribution is 0.567. The molecule has 0 saturated carbocycles. The molecule has 136 valence electrons. The molecule has 0 aliphatic carbocycles. The Morgan fingerprint density at radius 1 is 0.885 bits per heavy atom. The first-order valence-corrected chi connectivity index (χ1v) is 9.48. The lowest BCUT2D eigenvalue weighted by Gasteiger charge is -2.16. The van der Waals surface area contributed by atoms with Crippen LogP contribution in [0.3, 0.4) is 0 Å². The monoisotopic (exact) mass is 373 g/mol. The Bertz CT molecular complexity index is 1190. The maximum Gasteiger partial charge on any atom is 0.316 e. The van der Waals surface area contributed by atoms with Crippen LogP contribution in [0.1, 0.15) is 18.5 Å². The molecule has 7 nitrogen and oxygen atoms in total. The molecule has 0 aliphatic rings. The highest BCUT2D eigenvalue weighted by molar-refractivity contribution is 7.89. The molecule has 0 saturated heterocycles. The Balaban J connectivity index is 2.07. The summed E-state index contributed by atoms with van der Waals surface area (Å²) in [6.45, 7) is 1.76. The number of nitrogens with zero attached hydrogens (tertiary/aromatic N) is 2. The maximum atomic E-state index is 12.7. The zero-order chi connectivity index (χ0) is 19.1. The molecule has 26 heavy (non-hydrogen) atoms. The summed E-state index contributed by atoms with van der Waals surface area (Å²) in [5.41, 5.74) is 0.317. The molecule has 0 spiro atoms. The van der Waals surface area contributed by atoms with Crippen molar-refractivity contribution >= 4 is 21.1 Å². The summed E-state index contributed by atoms with van der Waals surface area (Å²) < 4.78 is 30.5. The first-order chi connectivity index (χ1) is 12.2. The van der Waals surface area contributed by atoms with Crippen molar-refractivity contribution in [3.63, 3.8) is 0 Å². The van der Waals surface area contributed by atoms with Crippen molar-refractivity contribution in [2.75, 3.05) is 0 Å². The first kappa shape index (κ1) is 18.1. The molecule has 1 heterocycles. The maximum absolute atomic E-state index is 12.7. The molecule has 1 atom stereocenters. The molecular formula is C18H19N3O4S. The van der Waals surface area contributed by atoms with Gasteiger partial charge in [0.2, 0.25) is 10.0 Å². The van der Waals surface area contributed by atoms with Gasteiger partial charge in [0, 0.05) is 20.1 Å². The van der Waals surface area contributed by atoms with E-state index in [1.807, 2.05) is 30.3 Å². The number of benzene rings is 2. The van der Waals surface area contributed by atoms with E-state index in [-0.39, 0.29) is 4.90 Å². The molecule has 0 bridgehead atoms. The molecule has 0 unspecified atom stereocenters. The van der Waals surface area contributed by atoms with Crippen molar-refractivity contribution in [1.29, 1.82) is 0 Å². The van der Waals surface area contributed by atoms with Gasteiger partial charge >= 0.3 is 11.1 Å². The number of fused-ring (bicyclic) bond motifs is 1. The van der Waals surface area contributed by atoms with Crippen LogP contribution in [0.4, 0.5) is 0 Å². The minimum atomic E-state index is -3.80. The molecule has 3 aromatic rings. The van der Waals surface area contributed by atoms with Crippen LogP contribution in [0.5, 0.6) is 0 Å². The van der Waals surface area contributed by atoms with E-state index in [4.69, 9.17) is 0 Å². The van der Waals surface area contributed by atoms with Gasteiger partial charge in [-0.25, -0.2) is 13.1 Å². The molecule has 0 aliphatic heterocycles. The fourth-order valence-corrected chi connectivity index (χ4v) is 4.09. The number of hydrogen-bond acceptors (Lipinski definition) is 4. The highest BCUT2D eigenvalue weighted by atomic mass is 32.2. The van der Waals surface area contributed by atoms with Crippen LogP contribution < -0.4 is 15.8 Å². The van der Waals surface area contributed by atoms with Crippen molar-refractivity contribution in [3.05, 3.63) is 74.8 Å². The molecule has 0 fully saturated rings. The Morgan fingerprint density at radius 2 is 1.46 bits per heavy atom. The summed E-state index contributed by atoms with van der Waals surface area (Å²) >= 11 is 0. The van der Waals surface area contributed by atoms with Crippen LogP contribution in [0.15, 0.2) is 63.0 Å². The predicted molar refractivity (Wildman–Crippen MR) is 99.6 cm³/mol. The van der Waals surface area contributed by atoms with Crippen LogP contribution >= 0.6 is 0 Å². The van der Waals surface area contributed by atoms with Crippen molar-refractivity contribution in [1.82, 2.24) is 13.9 Å². The van der Waals surface area contributed by atoms with Gasteiger partial charge in [-0.3, -0.25) is 9.59 Å². The zero-order valence-corrected chi connectivity index (χ0v) is 15.4. The lowest BCUT2D eigenvalue weighted by atomic mass is 10.1. The third-order valence-electron chi connectivity index (χ3n) is 4.40. The Kier molecular flexibility index (Phi) is 4.55. The van der Waals surface area contributed by atoms with Crippen molar-refractivity contribution < 1.29 is 8.42 Å². The van der Waals surface area contributed by atoms with E-state index < -0.39 is 27.2 Å². The van der Waals surface area contributed by atoms with E-state index in [9.17, 15) is 18.0 Å². The molecule has 1 N–H and O–H groups in total. The average molecular weight is 373 g/mol. The molecule has 0 amide bonds. The van der Waals surface area contributed by atoms with E-state index in [2.05, 4.69) is 4.72 Å². The van der Waals surface area contributed by atoms with Gasteiger partial charge in [-0.15, -0.1) is 0 Å².